The van der Waals surface area contributed by atoms with Gasteiger partial charge in [0.15, 0.2) is 0 Å². The van der Waals surface area contributed by atoms with Crippen LogP contribution in [0.3, 0.4) is 0 Å². The summed E-state index contributed by atoms with van der Waals surface area (Å²) >= 11 is 0. The van der Waals surface area contributed by atoms with Crippen LogP contribution in [0.2, 0.25) is 0 Å². The van der Waals surface area contributed by atoms with Gasteiger partial charge in [0.05, 0.1) is 24.8 Å². The number of fused-ring (bicyclic) bond motifs is 3. The van der Waals surface area contributed by atoms with Crippen molar-refractivity contribution in [3.05, 3.63) is 23.4 Å². The molecule has 3 rings (SSSR count). The Morgan fingerprint density at radius 3 is 2.70 bits per heavy atom. The Bertz CT molecular complexity index is 576. The lowest BCUT2D eigenvalue weighted by Gasteiger charge is -2.47. The van der Waals surface area contributed by atoms with Gasteiger partial charge >= 0.3 is 6.18 Å². The first-order valence-electron chi connectivity index (χ1n) is 7.93. The maximum atomic E-state index is 12.9. The largest absolute Gasteiger partial charge is 0.417 e. The van der Waals surface area contributed by atoms with Gasteiger partial charge < -0.3 is 9.64 Å². The predicted molar refractivity (Wildman–Crippen MR) is 81.3 cm³/mol. The van der Waals surface area contributed by atoms with Crippen LogP contribution < -0.4 is 4.90 Å². The van der Waals surface area contributed by atoms with E-state index in [1.54, 1.807) is 0 Å². The Labute approximate surface area is 134 Å². The van der Waals surface area contributed by atoms with Crippen molar-refractivity contribution < 1.29 is 17.9 Å². The second-order valence-electron chi connectivity index (χ2n) is 6.67. The van der Waals surface area contributed by atoms with Crippen molar-refractivity contribution >= 4 is 5.82 Å². The Kier molecular flexibility index (Phi) is 4.27. The number of halogens is 3. The molecule has 0 spiro atoms. The highest BCUT2D eigenvalue weighted by Gasteiger charge is 2.37. The number of ether oxygens (including phenoxy) is 1. The highest BCUT2D eigenvalue weighted by molar-refractivity contribution is 5.51. The molecule has 1 saturated heterocycles. The van der Waals surface area contributed by atoms with E-state index < -0.39 is 11.7 Å². The average molecular weight is 329 g/mol. The number of piperazine rings is 1. The number of hydrogen-bond acceptors (Lipinski definition) is 4. The summed E-state index contributed by atoms with van der Waals surface area (Å²) in [6.45, 7) is 8.73. The second kappa shape index (κ2) is 5.94. The van der Waals surface area contributed by atoms with Crippen LogP contribution in [0.4, 0.5) is 19.0 Å². The third-order valence-electron chi connectivity index (χ3n) is 4.66. The smallest absolute Gasteiger partial charge is 0.374 e. The lowest BCUT2D eigenvalue weighted by molar-refractivity contribution is -0.137. The van der Waals surface area contributed by atoms with Crippen molar-refractivity contribution in [1.29, 1.82) is 0 Å². The number of aromatic nitrogens is 1. The SMILES string of the molecule is CC(C)N1C[C@@H]2COCc3cc(C(F)(F)F)cnc3N2C[C@@H]1C. The number of pyridine rings is 1. The fourth-order valence-electron chi connectivity index (χ4n) is 3.51. The molecule has 7 heteroatoms. The molecule has 0 N–H and O–H groups in total. The summed E-state index contributed by atoms with van der Waals surface area (Å²) in [5.74, 6) is 0.635. The lowest BCUT2D eigenvalue weighted by atomic mass is 10.0. The predicted octanol–water partition coefficient (Wildman–Crippen LogP) is 2.92. The zero-order valence-electron chi connectivity index (χ0n) is 13.6. The number of nitrogens with zero attached hydrogens (tertiary/aromatic N) is 3. The van der Waals surface area contributed by atoms with E-state index in [0.717, 1.165) is 19.3 Å². The van der Waals surface area contributed by atoms with Crippen molar-refractivity contribution in [2.24, 2.45) is 0 Å². The van der Waals surface area contributed by atoms with E-state index in [4.69, 9.17) is 4.74 Å². The summed E-state index contributed by atoms with van der Waals surface area (Å²) in [6.07, 6.45) is -3.45. The van der Waals surface area contributed by atoms with Crippen LogP contribution in [0.1, 0.15) is 31.9 Å². The topological polar surface area (TPSA) is 28.6 Å². The van der Waals surface area contributed by atoms with Gasteiger partial charge in [-0.3, -0.25) is 4.90 Å². The van der Waals surface area contributed by atoms with Crippen LogP contribution in [-0.2, 0) is 17.5 Å². The van der Waals surface area contributed by atoms with Gasteiger partial charge in [-0.05, 0) is 26.8 Å². The number of rotatable bonds is 1. The quantitative estimate of drug-likeness (QED) is 0.792. The van der Waals surface area contributed by atoms with Crippen LogP contribution in [0, 0.1) is 0 Å². The van der Waals surface area contributed by atoms with Crippen LogP contribution in [0.15, 0.2) is 12.3 Å². The van der Waals surface area contributed by atoms with E-state index in [0.29, 0.717) is 30.1 Å². The van der Waals surface area contributed by atoms with Crippen molar-refractivity contribution in [2.45, 2.75) is 51.7 Å². The molecule has 2 aliphatic heterocycles. The Hall–Kier alpha value is -1.34. The molecule has 4 nitrogen and oxygen atoms in total. The van der Waals surface area contributed by atoms with Gasteiger partial charge in [0, 0.05) is 36.9 Å². The molecule has 23 heavy (non-hydrogen) atoms. The fraction of sp³-hybridized carbons (Fsp3) is 0.688. The van der Waals surface area contributed by atoms with Gasteiger partial charge in [0.2, 0.25) is 0 Å². The first-order valence-corrected chi connectivity index (χ1v) is 7.93. The summed E-state index contributed by atoms with van der Waals surface area (Å²) in [7, 11) is 0. The lowest BCUT2D eigenvalue weighted by Crippen LogP contribution is -2.60. The maximum Gasteiger partial charge on any atom is 0.417 e. The molecule has 0 unspecified atom stereocenters. The zero-order valence-corrected chi connectivity index (χ0v) is 13.6. The molecule has 2 aliphatic rings. The molecule has 1 aromatic rings. The summed E-state index contributed by atoms with van der Waals surface area (Å²) in [5, 5.41) is 0. The van der Waals surface area contributed by atoms with Crippen molar-refractivity contribution in [3.8, 4) is 0 Å². The normalized spacial score (nSPS) is 26.0. The summed E-state index contributed by atoms with van der Waals surface area (Å²) in [4.78, 5) is 8.66. The molecule has 0 radical (unpaired) electrons. The van der Waals surface area contributed by atoms with Crippen molar-refractivity contribution in [1.82, 2.24) is 9.88 Å². The van der Waals surface area contributed by atoms with Gasteiger partial charge in [-0.25, -0.2) is 4.98 Å². The van der Waals surface area contributed by atoms with Crippen molar-refractivity contribution in [2.75, 3.05) is 24.6 Å². The van der Waals surface area contributed by atoms with E-state index in [1.807, 2.05) is 0 Å². The van der Waals surface area contributed by atoms with Crippen LogP contribution in [0.25, 0.3) is 0 Å². The minimum atomic E-state index is -4.38. The second-order valence-corrected chi connectivity index (χ2v) is 6.67. The molecule has 1 aromatic heterocycles. The van der Waals surface area contributed by atoms with Crippen LogP contribution in [-0.4, -0.2) is 47.7 Å². The summed E-state index contributed by atoms with van der Waals surface area (Å²) in [6, 6.07) is 2.04. The number of anilines is 1. The minimum absolute atomic E-state index is 0.124. The van der Waals surface area contributed by atoms with Crippen LogP contribution in [0.5, 0.6) is 0 Å². The highest BCUT2D eigenvalue weighted by atomic mass is 19.4. The van der Waals surface area contributed by atoms with E-state index in [2.05, 4.69) is 35.6 Å². The average Bonchev–Trinajstić information content (AvgIpc) is 2.63. The van der Waals surface area contributed by atoms with E-state index in [1.165, 1.54) is 6.07 Å². The summed E-state index contributed by atoms with van der Waals surface area (Å²) < 4.78 is 44.3. The van der Waals surface area contributed by atoms with E-state index in [9.17, 15) is 13.2 Å². The fourth-order valence-corrected chi connectivity index (χ4v) is 3.51. The van der Waals surface area contributed by atoms with E-state index >= 15 is 0 Å². The molecule has 0 saturated carbocycles. The standard InChI is InChI=1S/C16H22F3N3O/c1-10(2)21-7-14-9-23-8-12-4-13(16(17,18)19)5-20-15(12)22(14)6-11(21)3/h4-5,10-11,14H,6-9H2,1-3H3/t11-,14+/m0/s1. The Morgan fingerprint density at radius 1 is 1.30 bits per heavy atom. The molecular formula is C16H22F3N3O. The molecule has 0 bridgehead atoms. The number of alkyl halides is 3. The molecule has 2 atom stereocenters. The minimum Gasteiger partial charge on any atom is -0.374 e. The third kappa shape index (κ3) is 3.17. The molecular weight excluding hydrogens is 307 g/mol. The first kappa shape index (κ1) is 16.5. The monoisotopic (exact) mass is 329 g/mol. The summed E-state index contributed by atoms with van der Waals surface area (Å²) in [5.41, 5.74) is -0.195. The van der Waals surface area contributed by atoms with E-state index in [-0.39, 0.29) is 12.6 Å². The Morgan fingerprint density at radius 2 is 2.04 bits per heavy atom. The van der Waals surface area contributed by atoms with Gasteiger partial charge in [-0.2, -0.15) is 13.2 Å². The third-order valence-corrected chi connectivity index (χ3v) is 4.66. The molecule has 1 fully saturated rings. The molecule has 0 aromatic carbocycles. The highest BCUT2D eigenvalue weighted by Crippen LogP contribution is 2.34. The molecule has 128 valence electrons. The van der Waals surface area contributed by atoms with Gasteiger partial charge in [0.1, 0.15) is 5.82 Å². The van der Waals surface area contributed by atoms with Gasteiger partial charge in [-0.15, -0.1) is 0 Å². The van der Waals surface area contributed by atoms with Crippen molar-refractivity contribution in [3.63, 3.8) is 0 Å². The van der Waals surface area contributed by atoms with Gasteiger partial charge in [0.25, 0.3) is 0 Å². The molecule has 0 aliphatic carbocycles. The van der Waals surface area contributed by atoms with Crippen LogP contribution >= 0.6 is 0 Å². The molecule has 0 amide bonds. The number of hydrogen-bond donors (Lipinski definition) is 0. The Balaban J connectivity index is 1.92. The maximum absolute atomic E-state index is 12.9. The van der Waals surface area contributed by atoms with Gasteiger partial charge in [-0.1, -0.05) is 0 Å². The first-order chi connectivity index (χ1) is 10.8. The zero-order chi connectivity index (χ0) is 16.8. The molecule has 3 heterocycles.